The minimum atomic E-state index is -0.200. The van der Waals surface area contributed by atoms with E-state index in [0.29, 0.717) is 22.7 Å². The second kappa shape index (κ2) is 5.75. The standard InChI is InChI=1S/C14H13BrN2O2/c1-19-11-6-7-12(15)13(8-11)17-14(18)9-2-4-10(16)5-3-9/h2-8H,16H2,1H3,(H,17,18). The molecule has 0 saturated heterocycles. The maximum atomic E-state index is 12.1. The van der Waals surface area contributed by atoms with Gasteiger partial charge in [-0.1, -0.05) is 0 Å². The van der Waals surface area contributed by atoms with E-state index in [1.165, 1.54) is 0 Å². The maximum Gasteiger partial charge on any atom is 0.255 e. The highest BCUT2D eigenvalue weighted by atomic mass is 79.9. The molecule has 2 rings (SSSR count). The van der Waals surface area contributed by atoms with Crippen LogP contribution in [-0.4, -0.2) is 13.0 Å². The number of methoxy groups -OCH3 is 1. The van der Waals surface area contributed by atoms with Crippen molar-refractivity contribution >= 4 is 33.2 Å². The lowest BCUT2D eigenvalue weighted by molar-refractivity contribution is 0.102. The third-order valence-electron chi connectivity index (χ3n) is 2.59. The first-order chi connectivity index (χ1) is 9.10. The smallest absolute Gasteiger partial charge is 0.255 e. The second-order valence-corrected chi connectivity index (χ2v) is 4.78. The molecule has 1 amide bonds. The van der Waals surface area contributed by atoms with E-state index in [1.807, 2.05) is 12.1 Å². The molecule has 0 atom stereocenters. The van der Waals surface area contributed by atoms with Crippen LogP contribution in [0.15, 0.2) is 46.9 Å². The Kier molecular flexibility index (Phi) is 4.06. The van der Waals surface area contributed by atoms with Crippen molar-refractivity contribution < 1.29 is 9.53 Å². The van der Waals surface area contributed by atoms with Crippen LogP contribution in [0.2, 0.25) is 0 Å². The fourth-order valence-corrected chi connectivity index (χ4v) is 1.90. The molecule has 19 heavy (non-hydrogen) atoms. The molecule has 0 heterocycles. The number of carbonyl (C=O) groups excluding carboxylic acids is 1. The van der Waals surface area contributed by atoms with E-state index in [4.69, 9.17) is 10.5 Å². The second-order valence-electron chi connectivity index (χ2n) is 3.92. The summed E-state index contributed by atoms with van der Waals surface area (Å²) >= 11 is 3.38. The maximum absolute atomic E-state index is 12.1. The lowest BCUT2D eigenvalue weighted by Gasteiger charge is -2.09. The van der Waals surface area contributed by atoms with Crippen LogP contribution in [0, 0.1) is 0 Å². The van der Waals surface area contributed by atoms with Crippen LogP contribution in [0.3, 0.4) is 0 Å². The number of anilines is 2. The van der Waals surface area contributed by atoms with Gasteiger partial charge in [0.2, 0.25) is 0 Å². The van der Waals surface area contributed by atoms with Gasteiger partial charge in [-0.25, -0.2) is 0 Å². The molecule has 0 aliphatic rings. The van der Waals surface area contributed by atoms with Gasteiger partial charge >= 0.3 is 0 Å². The van der Waals surface area contributed by atoms with Gasteiger partial charge in [0.15, 0.2) is 0 Å². The summed E-state index contributed by atoms with van der Waals surface area (Å²) in [4.78, 5) is 12.1. The summed E-state index contributed by atoms with van der Waals surface area (Å²) in [6.07, 6.45) is 0. The lowest BCUT2D eigenvalue weighted by atomic mass is 10.2. The van der Waals surface area contributed by atoms with Crippen molar-refractivity contribution in [2.24, 2.45) is 0 Å². The van der Waals surface area contributed by atoms with Gasteiger partial charge in [-0.3, -0.25) is 4.79 Å². The van der Waals surface area contributed by atoms with Crippen LogP contribution in [0.1, 0.15) is 10.4 Å². The zero-order chi connectivity index (χ0) is 13.8. The summed E-state index contributed by atoms with van der Waals surface area (Å²) in [6.45, 7) is 0. The molecular formula is C14H13BrN2O2. The van der Waals surface area contributed by atoms with Crippen LogP contribution in [0.25, 0.3) is 0 Å². The number of amides is 1. The average molecular weight is 321 g/mol. The number of hydrogen-bond acceptors (Lipinski definition) is 3. The molecule has 0 unspecified atom stereocenters. The summed E-state index contributed by atoms with van der Waals surface area (Å²) in [5, 5.41) is 2.81. The molecule has 0 aliphatic heterocycles. The Bertz CT molecular complexity index is 597. The van der Waals surface area contributed by atoms with Gasteiger partial charge in [0.05, 0.1) is 12.8 Å². The van der Waals surface area contributed by atoms with E-state index >= 15 is 0 Å². The van der Waals surface area contributed by atoms with Crippen LogP contribution >= 0.6 is 15.9 Å². The fraction of sp³-hybridized carbons (Fsp3) is 0.0714. The molecule has 98 valence electrons. The predicted molar refractivity (Wildman–Crippen MR) is 79.5 cm³/mol. The topological polar surface area (TPSA) is 64.3 Å². The number of nitrogens with one attached hydrogen (secondary N) is 1. The van der Waals surface area contributed by atoms with Crippen LogP contribution in [0.4, 0.5) is 11.4 Å². The Labute approximate surface area is 119 Å². The molecule has 0 fully saturated rings. The highest BCUT2D eigenvalue weighted by Crippen LogP contribution is 2.27. The largest absolute Gasteiger partial charge is 0.497 e. The van der Waals surface area contributed by atoms with Crippen molar-refractivity contribution in [3.63, 3.8) is 0 Å². The van der Waals surface area contributed by atoms with Crippen molar-refractivity contribution in [1.82, 2.24) is 0 Å². The molecule has 2 aromatic rings. The molecule has 0 aliphatic carbocycles. The Morgan fingerprint density at radius 1 is 1.21 bits per heavy atom. The summed E-state index contributed by atoms with van der Waals surface area (Å²) in [7, 11) is 1.58. The van der Waals surface area contributed by atoms with Gasteiger partial charge in [-0.15, -0.1) is 0 Å². The van der Waals surface area contributed by atoms with Gasteiger partial charge in [0.1, 0.15) is 5.75 Å². The first kappa shape index (κ1) is 13.4. The fourth-order valence-electron chi connectivity index (χ4n) is 1.56. The number of ether oxygens (including phenoxy) is 1. The van der Waals surface area contributed by atoms with Crippen molar-refractivity contribution in [3.05, 3.63) is 52.5 Å². The van der Waals surface area contributed by atoms with E-state index in [1.54, 1.807) is 37.4 Å². The number of rotatable bonds is 3. The van der Waals surface area contributed by atoms with Crippen molar-refractivity contribution in [1.29, 1.82) is 0 Å². The average Bonchev–Trinajstić information content (AvgIpc) is 2.42. The highest BCUT2D eigenvalue weighted by Gasteiger charge is 2.09. The number of nitrogen functional groups attached to an aromatic ring is 1. The molecule has 0 bridgehead atoms. The van der Waals surface area contributed by atoms with Crippen LogP contribution < -0.4 is 15.8 Å². The number of hydrogen-bond donors (Lipinski definition) is 2. The summed E-state index contributed by atoms with van der Waals surface area (Å²) in [5.41, 5.74) is 7.41. The minimum Gasteiger partial charge on any atom is -0.497 e. The Morgan fingerprint density at radius 3 is 2.53 bits per heavy atom. The Balaban J connectivity index is 2.21. The SMILES string of the molecule is COc1ccc(Br)c(NC(=O)c2ccc(N)cc2)c1. The molecular weight excluding hydrogens is 308 g/mol. The molecule has 4 nitrogen and oxygen atoms in total. The van der Waals surface area contributed by atoms with E-state index in [-0.39, 0.29) is 5.91 Å². The van der Waals surface area contributed by atoms with E-state index < -0.39 is 0 Å². The molecule has 0 radical (unpaired) electrons. The number of nitrogens with two attached hydrogens (primary N) is 1. The molecule has 0 aromatic heterocycles. The van der Waals surface area contributed by atoms with Crippen LogP contribution in [-0.2, 0) is 0 Å². The van der Waals surface area contributed by atoms with E-state index in [9.17, 15) is 4.79 Å². The summed E-state index contributed by atoms with van der Waals surface area (Å²) in [6, 6.07) is 12.1. The van der Waals surface area contributed by atoms with Crippen LogP contribution in [0.5, 0.6) is 5.75 Å². The van der Waals surface area contributed by atoms with Crippen molar-refractivity contribution in [2.45, 2.75) is 0 Å². The normalized spacial score (nSPS) is 10.0. The number of carbonyl (C=O) groups is 1. The Morgan fingerprint density at radius 2 is 1.89 bits per heavy atom. The third kappa shape index (κ3) is 3.26. The highest BCUT2D eigenvalue weighted by molar-refractivity contribution is 9.10. The quantitative estimate of drug-likeness (QED) is 0.853. The van der Waals surface area contributed by atoms with Gasteiger partial charge in [-0.2, -0.15) is 0 Å². The first-order valence-electron chi connectivity index (χ1n) is 5.60. The van der Waals surface area contributed by atoms with Gasteiger partial charge < -0.3 is 15.8 Å². The zero-order valence-electron chi connectivity index (χ0n) is 10.3. The molecule has 2 aromatic carbocycles. The van der Waals surface area contributed by atoms with Crippen molar-refractivity contribution in [3.8, 4) is 5.75 Å². The van der Waals surface area contributed by atoms with E-state index in [2.05, 4.69) is 21.2 Å². The molecule has 3 N–H and O–H groups in total. The minimum absolute atomic E-state index is 0.200. The Hall–Kier alpha value is -2.01. The van der Waals surface area contributed by atoms with Crippen molar-refractivity contribution in [2.75, 3.05) is 18.2 Å². The van der Waals surface area contributed by atoms with E-state index in [0.717, 1.165) is 4.47 Å². The predicted octanol–water partition coefficient (Wildman–Crippen LogP) is 3.29. The molecule has 0 spiro atoms. The lowest BCUT2D eigenvalue weighted by Crippen LogP contribution is -2.12. The zero-order valence-corrected chi connectivity index (χ0v) is 11.9. The van der Waals surface area contributed by atoms with Gasteiger partial charge in [-0.05, 0) is 52.3 Å². The molecule has 5 heteroatoms. The molecule has 0 saturated carbocycles. The number of halogens is 1. The first-order valence-corrected chi connectivity index (χ1v) is 6.40. The number of benzene rings is 2. The third-order valence-corrected chi connectivity index (χ3v) is 3.29. The monoisotopic (exact) mass is 320 g/mol. The van der Waals surface area contributed by atoms with Gasteiger partial charge in [0.25, 0.3) is 5.91 Å². The van der Waals surface area contributed by atoms with Gasteiger partial charge in [0, 0.05) is 21.8 Å². The summed E-state index contributed by atoms with van der Waals surface area (Å²) < 4.78 is 5.91. The summed E-state index contributed by atoms with van der Waals surface area (Å²) in [5.74, 6) is 0.477.